The van der Waals surface area contributed by atoms with Crippen molar-refractivity contribution in [2.45, 2.75) is 25.2 Å². The first-order valence-electron chi connectivity index (χ1n) is 14.4. The SMILES string of the molecule is COCCn1cc(-c2cnc3c(Oc4ccc(C(=O)N5CCN(C(=O)O[C@H]6CCOC6)CC5)c(O)c4)nccn23)c(C(F)(F)F)n1. The number of methoxy groups -OCH3 is 1. The first-order chi connectivity index (χ1) is 22.1. The number of hydrogen-bond acceptors (Lipinski definition) is 10. The molecule has 2 saturated heterocycles. The number of fused-ring (bicyclic) bond motifs is 1. The fourth-order valence-electron chi connectivity index (χ4n) is 5.24. The Labute approximate surface area is 259 Å². The second-order valence-corrected chi connectivity index (χ2v) is 10.6. The van der Waals surface area contributed by atoms with Crippen molar-refractivity contribution in [3.05, 3.63) is 54.2 Å². The van der Waals surface area contributed by atoms with Crippen LogP contribution < -0.4 is 4.74 Å². The minimum absolute atomic E-state index is 0.0333. The Balaban J connectivity index is 1.15. The average Bonchev–Trinajstić information content (AvgIpc) is 3.80. The highest BCUT2D eigenvalue weighted by molar-refractivity contribution is 5.97. The maximum atomic E-state index is 13.9. The van der Waals surface area contributed by atoms with E-state index in [0.29, 0.717) is 19.6 Å². The van der Waals surface area contributed by atoms with Crippen LogP contribution >= 0.6 is 0 Å². The summed E-state index contributed by atoms with van der Waals surface area (Å²) in [5.74, 6) is -0.698. The van der Waals surface area contributed by atoms with E-state index in [1.807, 2.05) is 0 Å². The molecule has 6 rings (SSSR count). The molecule has 2 aliphatic heterocycles. The van der Waals surface area contributed by atoms with Crippen LogP contribution in [0, 0.1) is 0 Å². The maximum Gasteiger partial charge on any atom is 0.435 e. The zero-order valence-corrected chi connectivity index (χ0v) is 24.6. The molecule has 3 aromatic heterocycles. The fourth-order valence-corrected chi connectivity index (χ4v) is 5.24. The summed E-state index contributed by atoms with van der Waals surface area (Å²) in [5.41, 5.74) is -0.995. The van der Waals surface area contributed by atoms with Crippen LogP contribution in [0.15, 0.2) is 43.0 Å². The fraction of sp³-hybridized carbons (Fsp3) is 0.414. The molecule has 0 saturated carbocycles. The summed E-state index contributed by atoms with van der Waals surface area (Å²) >= 11 is 0. The van der Waals surface area contributed by atoms with Gasteiger partial charge in [0.25, 0.3) is 11.8 Å². The van der Waals surface area contributed by atoms with E-state index in [1.54, 1.807) is 0 Å². The number of piperazine rings is 1. The Morgan fingerprint density at radius 2 is 1.91 bits per heavy atom. The number of phenols is 1. The van der Waals surface area contributed by atoms with Gasteiger partial charge in [0.2, 0.25) is 5.65 Å². The van der Waals surface area contributed by atoms with Crippen molar-refractivity contribution >= 4 is 17.6 Å². The Morgan fingerprint density at radius 3 is 2.61 bits per heavy atom. The number of nitrogens with zero attached hydrogens (tertiary/aromatic N) is 7. The van der Waals surface area contributed by atoms with Crippen LogP contribution in [-0.2, 0) is 26.9 Å². The topological polar surface area (TPSA) is 146 Å². The van der Waals surface area contributed by atoms with E-state index in [0.717, 1.165) is 4.68 Å². The molecule has 0 unspecified atom stereocenters. The number of imidazole rings is 1. The molecule has 5 heterocycles. The van der Waals surface area contributed by atoms with Crippen molar-refractivity contribution < 1.29 is 46.8 Å². The monoisotopic (exact) mass is 645 g/mol. The molecule has 0 bridgehead atoms. The van der Waals surface area contributed by atoms with Crippen LogP contribution in [0.3, 0.4) is 0 Å². The molecule has 4 aromatic rings. The molecule has 0 spiro atoms. The normalized spacial score (nSPS) is 17.1. The summed E-state index contributed by atoms with van der Waals surface area (Å²) < 4.78 is 65.6. The van der Waals surface area contributed by atoms with Gasteiger partial charge >= 0.3 is 12.3 Å². The lowest BCUT2D eigenvalue weighted by molar-refractivity contribution is -0.141. The van der Waals surface area contributed by atoms with E-state index >= 15 is 0 Å². The third kappa shape index (κ3) is 6.41. The molecule has 0 radical (unpaired) electrons. The van der Waals surface area contributed by atoms with E-state index < -0.39 is 23.9 Å². The number of alkyl halides is 3. The lowest BCUT2D eigenvalue weighted by Gasteiger charge is -2.34. The van der Waals surface area contributed by atoms with Crippen molar-refractivity contribution in [1.29, 1.82) is 0 Å². The number of aromatic hydroxyl groups is 1. The Morgan fingerprint density at radius 1 is 1.13 bits per heavy atom. The van der Waals surface area contributed by atoms with Crippen molar-refractivity contribution in [3.8, 4) is 28.6 Å². The number of carbonyl (C=O) groups is 2. The van der Waals surface area contributed by atoms with Gasteiger partial charge in [-0.1, -0.05) is 0 Å². The van der Waals surface area contributed by atoms with Crippen molar-refractivity contribution in [3.63, 3.8) is 0 Å². The molecule has 2 aliphatic rings. The number of amides is 2. The molecule has 1 N–H and O–H groups in total. The van der Waals surface area contributed by atoms with Crippen LogP contribution in [0.4, 0.5) is 18.0 Å². The summed E-state index contributed by atoms with van der Waals surface area (Å²) in [7, 11) is 1.44. The number of phenolic OH excluding ortho intramolecular Hbond substituents is 1. The molecule has 244 valence electrons. The molecule has 14 nitrogen and oxygen atoms in total. The molecule has 2 fully saturated rings. The molecule has 1 aromatic carbocycles. The largest absolute Gasteiger partial charge is 0.507 e. The lowest BCUT2D eigenvalue weighted by atomic mass is 10.1. The number of carbonyl (C=O) groups excluding carboxylic acids is 2. The summed E-state index contributed by atoms with van der Waals surface area (Å²) in [6, 6.07) is 4.09. The van der Waals surface area contributed by atoms with Crippen LogP contribution in [0.2, 0.25) is 0 Å². The van der Waals surface area contributed by atoms with Gasteiger partial charge < -0.3 is 33.9 Å². The van der Waals surface area contributed by atoms with Crippen molar-refractivity contribution in [2.24, 2.45) is 0 Å². The summed E-state index contributed by atoms with van der Waals surface area (Å²) in [5, 5.41) is 14.4. The zero-order valence-electron chi connectivity index (χ0n) is 24.6. The predicted octanol–water partition coefficient (Wildman–Crippen LogP) is 3.44. The van der Waals surface area contributed by atoms with Gasteiger partial charge in [-0.25, -0.2) is 14.8 Å². The third-order valence-corrected chi connectivity index (χ3v) is 7.62. The van der Waals surface area contributed by atoms with E-state index in [1.165, 1.54) is 64.3 Å². The highest BCUT2D eigenvalue weighted by atomic mass is 19.4. The maximum absolute atomic E-state index is 13.9. The van der Waals surface area contributed by atoms with Gasteiger partial charge in [-0.05, 0) is 12.1 Å². The summed E-state index contributed by atoms with van der Waals surface area (Å²) in [6.07, 6.45) is 0.548. The van der Waals surface area contributed by atoms with Gasteiger partial charge in [-0.2, -0.15) is 18.3 Å². The smallest absolute Gasteiger partial charge is 0.435 e. The predicted molar refractivity (Wildman–Crippen MR) is 152 cm³/mol. The third-order valence-electron chi connectivity index (χ3n) is 7.62. The minimum atomic E-state index is -4.72. The lowest BCUT2D eigenvalue weighted by Crippen LogP contribution is -2.51. The standard InChI is InChI=1S/C29H30F3N7O7/c1-43-13-11-38-16-21(24(35-38)29(30,31)32)22-15-34-25-26(33-5-6-39(22)25)45-18-2-3-20(23(40)14-18)27(41)36-7-9-37(10-8-36)28(42)46-19-4-12-44-17-19/h2-3,5-6,14-16,19,40H,4,7-13,17H2,1H3/t19-/m0/s1. The number of hydrogen-bond donors (Lipinski definition) is 1. The average molecular weight is 646 g/mol. The second kappa shape index (κ2) is 12.8. The molecular weight excluding hydrogens is 615 g/mol. The molecule has 46 heavy (non-hydrogen) atoms. The van der Waals surface area contributed by atoms with Crippen molar-refractivity contribution in [1.82, 2.24) is 33.9 Å². The molecule has 0 aliphatic carbocycles. The van der Waals surface area contributed by atoms with E-state index in [9.17, 15) is 27.9 Å². The van der Waals surface area contributed by atoms with E-state index in [2.05, 4.69) is 15.1 Å². The van der Waals surface area contributed by atoms with Crippen molar-refractivity contribution in [2.75, 3.05) is 53.1 Å². The number of aromatic nitrogens is 5. The summed E-state index contributed by atoms with van der Waals surface area (Å²) in [6.45, 7) is 2.29. The number of rotatable bonds is 8. The van der Waals surface area contributed by atoms with Gasteiger partial charge in [-0.15, -0.1) is 0 Å². The zero-order chi connectivity index (χ0) is 32.4. The number of benzene rings is 1. The molecule has 1 atom stereocenters. The van der Waals surface area contributed by atoms with Gasteiger partial charge in [0.15, 0.2) is 5.69 Å². The van der Waals surface area contributed by atoms with Gasteiger partial charge in [-0.3, -0.25) is 13.9 Å². The van der Waals surface area contributed by atoms with Crippen LogP contribution in [0.5, 0.6) is 17.4 Å². The highest BCUT2D eigenvalue weighted by Gasteiger charge is 2.38. The number of halogens is 3. The van der Waals surface area contributed by atoms with Gasteiger partial charge in [0.1, 0.15) is 17.6 Å². The van der Waals surface area contributed by atoms with Gasteiger partial charge in [0.05, 0.1) is 49.4 Å². The first-order valence-corrected chi connectivity index (χ1v) is 14.4. The Kier molecular flexibility index (Phi) is 8.68. The molecule has 17 heteroatoms. The quantitative estimate of drug-likeness (QED) is 0.303. The van der Waals surface area contributed by atoms with Crippen LogP contribution in [0.25, 0.3) is 16.9 Å². The highest BCUT2D eigenvalue weighted by Crippen LogP contribution is 2.37. The molecule has 2 amide bonds. The van der Waals surface area contributed by atoms with Crippen LogP contribution in [-0.4, -0.2) is 110 Å². The number of ether oxygens (including phenoxy) is 4. The van der Waals surface area contributed by atoms with Crippen LogP contribution in [0.1, 0.15) is 22.5 Å². The minimum Gasteiger partial charge on any atom is -0.507 e. The van der Waals surface area contributed by atoms with E-state index in [-0.39, 0.29) is 85.3 Å². The van der Waals surface area contributed by atoms with E-state index in [4.69, 9.17) is 18.9 Å². The Bertz CT molecular complexity index is 1730. The summed E-state index contributed by atoms with van der Waals surface area (Å²) in [4.78, 5) is 37.1. The second-order valence-electron chi connectivity index (χ2n) is 10.6. The molecular formula is C29H30F3N7O7. The first kappa shape index (κ1) is 31.1. The Hall–Kier alpha value is -4.90. The van der Waals surface area contributed by atoms with Gasteiger partial charge in [0, 0.05) is 64.4 Å².